The molecule has 32 heavy (non-hydrogen) atoms. The van der Waals surface area contributed by atoms with Crippen molar-refractivity contribution in [2.75, 3.05) is 33.8 Å². The van der Waals surface area contributed by atoms with Crippen LogP contribution >= 0.6 is 0 Å². The van der Waals surface area contributed by atoms with Gasteiger partial charge in [-0.25, -0.2) is 4.79 Å². The van der Waals surface area contributed by atoms with Crippen molar-refractivity contribution in [2.45, 2.75) is 33.2 Å². The minimum absolute atomic E-state index is 0.0598. The fraction of sp³-hybridized carbons (Fsp3) is 0.435. The number of aliphatic hydroxyl groups is 1. The first-order valence-corrected chi connectivity index (χ1v) is 10.5. The SMILES string of the molecule is CCOC(=O)c1[nH]c(C)c(/C(O)=C2\C(=O)C(=O)N(CCCN(C)C)C2c2ccco2)c1C. The van der Waals surface area contributed by atoms with Gasteiger partial charge in [0.1, 0.15) is 23.3 Å². The van der Waals surface area contributed by atoms with Crippen molar-refractivity contribution in [3.63, 3.8) is 0 Å². The van der Waals surface area contributed by atoms with E-state index in [1.165, 1.54) is 11.2 Å². The van der Waals surface area contributed by atoms with E-state index in [1.54, 1.807) is 32.9 Å². The number of ketones is 1. The summed E-state index contributed by atoms with van der Waals surface area (Å²) in [5, 5.41) is 11.3. The average Bonchev–Trinajstić information content (AvgIpc) is 3.41. The zero-order valence-electron chi connectivity index (χ0n) is 19.0. The molecule has 0 bridgehead atoms. The van der Waals surface area contributed by atoms with Crippen molar-refractivity contribution in [3.8, 4) is 0 Å². The van der Waals surface area contributed by atoms with Gasteiger partial charge in [0, 0.05) is 17.8 Å². The average molecular weight is 444 g/mol. The third-order valence-electron chi connectivity index (χ3n) is 5.51. The zero-order chi connectivity index (χ0) is 23.6. The lowest BCUT2D eigenvalue weighted by Gasteiger charge is -2.24. The van der Waals surface area contributed by atoms with Crippen molar-refractivity contribution in [1.29, 1.82) is 0 Å². The summed E-state index contributed by atoms with van der Waals surface area (Å²) >= 11 is 0. The molecule has 3 rings (SSSR count). The van der Waals surface area contributed by atoms with Gasteiger partial charge in [-0.3, -0.25) is 9.59 Å². The summed E-state index contributed by atoms with van der Waals surface area (Å²) in [5.74, 6) is -2.00. The molecule has 172 valence electrons. The molecule has 2 aromatic rings. The molecule has 2 N–H and O–H groups in total. The summed E-state index contributed by atoms with van der Waals surface area (Å²) in [6, 6.07) is 2.48. The highest BCUT2D eigenvalue weighted by Gasteiger charge is 2.47. The number of nitrogens with one attached hydrogen (secondary N) is 1. The standard InChI is InChI=1S/C23H29N3O6/c1-6-31-23(30)18-13(2)16(14(3)24-18)20(27)17-19(15-9-7-12-32-15)26(22(29)21(17)28)11-8-10-25(4)5/h7,9,12,19,24,27H,6,8,10-11H2,1-5H3/b20-17+. The van der Waals surface area contributed by atoms with Gasteiger partial charge in [-0.05, 0) is 65.5 Å². The second-order valence-electron chi connectivity index (χ2n) is 8.01. The number of aromatic nitrogens is 1. The Bertz CT molecular complexity index is 1050. The van der Waals surface area contributed by atoms with E-state index in [1.807, 2.05) is 19.0 Å². The minimum atomic E-state index is -0.855. The fourth-order valence-corrected chi connectivity index (χ4v) is 4.06. The van der Waals surface area contributed by atoms with Crippen LogP contribution in [0, 0.1) is 13.8 Å². The number of carbonyl (C=O) groups is 3. The summed E-state index contributed by atoms with van der Waals surface area (Å²) in [6.07, 6.45) is 2.10. The van der Waals surface area contributed by atoms with E-state index in [2.05, 4.69) is 4.98 Å². The molecule has 1 fully saturated rings. The summed E-state index contributed by atoms with van der Waals surface area (Å²) in [5.41, 5.74) is 1.36. The lowest BCUT2D eigenvalue weighted by molar-refractivity contribution is -0.140. The number of Topliss-reactive ketones (excluding diaryl/α,β-unsaturated/α-hetero) is 1. The summed E-state index contributed by atoms with van der Waals surface area (Å²) < 4.78 is 10.6. The van der Waals surface area contributed by atoms with Crippen LogP contribution < -0.4 is 0 Å². The zero-order valence-corrected chi connectivity index (χ0v) is 19.0. The maximum atomic E-state index is 13.0. The number of aromatic amines is 1. The maximum absolute atomic E-state index is 13.0. The molecule has 0 aliphatic carbocycles. The molecular formula is C23H29N3O6. The van der Waals surface area contributed by atoms with Gasteiger partial charge in [0.15, 0.2) is 0 Å². The molecule has 1 amide bonds. The summed E-state index contributed by atoms with van der Waals surface area (Å²) in [6.45, 7) is 6.29. The quantitative estimate of drug-likeness (QED) is 0.279. The number of ether oxygens (including phenoxy) is 1. The molecule has 1 saturated heterocycles. The first-order chi connectivity index (χ1) is 15.2. The minimum Gasteiger partial charge on any atom is -0.507 e. The number of carbonyl (C=O) groups excluding carboxylic acids is 3. The number of aliphatic hydroxyl groups excluding tert-OH is 1. The van der Waals surface area contributed by atoms with Crippen molar-refractivity contribution < 1.29 is 28.6 Å². The van der Waals surface area contributed by atoms with Gasteiger partial charge in [0.25, 0.3) is 11.7 Å². The lowest BCUT2D eigenvalue weighted by atomic mass is 9.97. The predicted octanol–water partition coefficient (Wildman–Crippen LogP) is 2.77. The van der Waals surface area contributed by atoms with Gasteiger partial charge < -0.3 is 29.0 Å². The highest BCUT2D eigenvalue weighted by atomic mass is 16.5. The Hall–Kier alpha value is -3.33. The number of furan rings is 1. The smallest absolute Gasteiger partial charge is 0.355 e. The van der Waals surface area contributed by atoms with Gasteiger partial charge in [-0.15, -0.1) is 0 Å². The third kappa shape index (κ3) is 4.20. The van der Waals surface area contributed by atoms with Crippen LogP contribution in [-0.2, 0) is 14.3 Å². The van der Waals surface area contributed by atoms with Gasteiger partial charge in [-0.1, -0.05) is 0 Å². The van der Waals surface area contributed by atoms with E-state index >= 15 is 0 Å². The van der Waals surface area contributed by atoms with E-state index in [9.17, 15) is 19.5 Å². The molecular weight excluding hydrogens is 414 g/mol. The molecule has 1 aliphatic rings. The van der Waals surface area contributed by atoms with Crippen molar-refractivity contribution in [2.24, 2.45) is 0 Å². The van der Waals surface area contributed by atoms with Crippen molar-refractivity contribution >= 4 is 23.4 Å². The number of aryl methyl sites for hydroxylation is 1. The molecule has 2 aromatic heterocycles. The van der Waals surface area contributed by atoms with Crippen LogP contribution in [-0.4, -0.2) is 71.3 Å². The molecule has 0 saturated carbocycles. The Labute approximate surface area is 186 Å². The van der Waals surface area contributed by atoms with E-state index in [-0.39, 0.29) is 23.6 Å². The molecule has 1 aliphatic heterocycles. The second kappa shape index (κ2) is 9.44. The van der Waals surface area contributed by atoms with E-state index < -0.39 is 23.7 Å². The fourth-order valence-electron chi connectivity index (χ4n) is 4.06. The number of esters is 1. The highest BCUT2D eigenvalue weighted by Crippen LogP contribution is 2.41. The number of hydrogen-bond acceptors (Lipinski definition) is 7. The van der Waals surface area contributed by atoms with Crippen LogP contribution in [0.4, 0.5) is 0 Å². The van der Waals surface area contributed by atoms with Gasteiger partial charge in [0.2, 0.25) is 0 Å². The van der Waals surface area contributed by atoms with Crippen LogP contribution in [0.2, 0.25) is 0 Å². The predicted molar refractivity (Wildman–Crippen MR) is 117 cm³/mol. The third-order valence-corrected chi connectivity index (χ3v) is 5.51. The molecule has 9 nitrogen and oxygen atoms in total. The number of amides is 1. The number of H-pyrrole nitrogens is 1. The van der Waals surface area contributed by atoms with E-state index in [4.69, 9.17) is 9.15 Å². The van der Waals surface area contributed by atoms with Crippen LogP contribution in [0.15, 0.2) is 28.4 Å². The Kier molecular flexibility index (Phi) is 6.88. The molecule has 0 radical (unpaired) electrons. The normalized spacial score (nSPS) is 18.1. The van der Waals surface area contributed by atoms with E-state index in [0.29, 0.717) is 35.5 Å². The Balaban J connectivity index is 2.10. The first kappa shape index (κ1) is 23.3. The highest BCUT2D eigenvalue weighted by molar-refractivity contribution is 6.46. The number of hydrogen-bond donors (Lipinski definition) is 2. The Morgan fingerprint density at radius 3 is 2.62 bits per heavy atom. The molecule has 9 heteroatoms. The van der Waals surface area contributed by atoms with Crippen LogP contribution in [0.5, 0.6) is 0 Å². The number of nitrogens with zero attached hydrogens (tertiary/aromatic N) is 2. The number of likely N-dealkylation sites (tertiary alicyclic amines) is 1. The van der Waals surface area contributed by atoms with Crippen LogP contribution in [0.1, 0.15) is 52.5 Å². The summed E-state index contributed by atoms with van der Waals surface area (Å²) in [4.78, 5) is 44.5. The molecule has 1 atom stereocenters. The molecule has 1 unspecified atom stereocenters. The lowest BCUT2D eigenvalue weighted by Crippen LogP contribution is -2.32. The number of rotatable bonds is 8. The van der Waals surface area contributed by atoms with Gasteiger partial charge in [0.05, 0.1) is 18.4 Å². The monoisotopic (exact) mass is 443 g/mol. The Morgan fingerprint density at radius 2 is 2.03 bits per heavy atom. The van der Waals surface area contributed by atoms with Crippen molar-refractivity contribution in [1.82, 2.24) is 14.8 Å². The van der Waals surface area contributed by atoms with Crippen LogP contribution in [0.3, 0.4) is 0 Å². The summed E-state index contributed by atoms with van der Waals surface area (Å²) in [7, 11) is 3.85. The largest absolute Gasteiger partial charge is 0.507 e. The van der Waals surface area contributed by atoms with Crippen LogP contribution in [0.25, 0.3) is 5.76 Å². The first-order valence-electron chi connectivity index (χ1n) is 10.5. The van der Waals surface area contributed by atoms with Gasteiger partial charge in [-0.2, -0.15) is 0 Å². The molecule has 3 heterocycles. The molecule has 0 spiro atoms. The molecule has 0 aromatic carbocycles. The van der Waals surface area contributed by atoms with Crippen molar-refractivity contribution in [3.05, 3.63) is 52.2 Å². The maximum Gasteiger partial charge on any atom is 0.355 e. The van der Waals surface area contributed by atoms with E-state index in [0.717, 1.165) is 6.54 Å². The topological polar surface area (TPSA) is 116 Å². The Morgan fingerprint density at radius 1 is 1.31 bits per heavy atom. The second-order valence-corrected chi connectivity index (χ2v) is 8.01. The van der Waals surface area contributed by atoms with Gasteiger partial charge >= 0.3 is 5.97 Å².